The molecule has 0 rings (SSSR count). The second kappa shape index (κ2) is 7.94. The van der Waals surface area contributed by atoms with Crippen LogP contribution in [0, 0.1) is 0 Å². The van der Waals surface area contributed by atoms with E-state index >= 15 is 0 Å². The third-order valence-corrected chi connectivity index (χ3v) is 1.52. The standard InChI is InChI=1S/C5H13O3P.Al.3H/c1-3-4-5(2)8-9(6)7;;;;/h5-7H,3-4H2,1-2H3;;;;. The van der Waals surface area contributed by atoms with Crippen LogP contribution in [0.3, 0.4) is 0 Å². The molecule has 0 saturated heterocycles. The number of hydrogen-bond donors (Lipinski definition) is 2. The van der Waals surface area contributed by atoms with Crippen molar-refractivity contribution in [2.75, 3.05) is 0 Å². The first-order valence-corrected chi connectivity index (χ1v) is 4.18. The summed E-state index contributed by atoms with van der Waals surface area (Å²) in [4.78, 5) is 16.7. The van der Waals surface area contributed by atoms with Gasteiger partial charge in [0.05, 0.1) is 6.10 Å². The lowest BCUT2D eigenvalue weighted by Crippen LogP contribution is -2.02. The maximum absolute atomic E-state index is 8.35. The van der Waals surface area contributed by atoms with Crippen LogP contribution in [0.5, 0.6) is 0 Å². The molecule has 0 radical (unpaired) electrons. The van der Waals surface area contributed by atoms with Gasteiger partial charge in [-0.2, -0.15) is 0 Å². The van der Waals surface area contributed by atoms with Gasteiger partial charge in [0, 0.05) is 0 Å². The first kappa shape index (κ1) is 13.4. The van der Waals surface area contributed by atoms with Crippen LogP contribution < -0.4 is 0 Å². The van der Waals surface area contributed by atoms with Crippen LogP contribution in [-0.2, 0) is 4.52 Å². The summed E-state index contributed by atoms with van der Waals surface area (Å²) in [6, 6.07) is 0. The highest BCUT2D eigenvalue weighted by atomic mass is 31.2. The lowest BCUT2D eigenvalue weighted by atomic mass is 10.2. The van der Waals surface area contributed by atoms with Crippen LogP contribution in [-0.4, -0.2) is 33.3 Å². The molecule has 62 valence electrons. The molecule has 0 aliphatic heterocycles. The molecule has 0 bridgehead atoms. The average Bonchev–Trinajstić information content (AvgIpc) is 1.63. The minimum Gasteiger partial charge on any atom is -0.328 e. The third-order valence-electron chi connectivity index (χ3n) is 0.969. The molecular weight excluding hydrogens is 166 g/mol. The Morgan fingerprint density at radius 1 is 1.50 bits per heavy atom. The zero-order chi connectivity index (χ0) is 7.28. The van der Waals surface area contributed by atoms with Gasteiger partial charge in [-0.05, 0) is 13.3 Å². The van der Waals surface area contributed by atoms with E-state index in [-0.39, 0.29) is 23.5 Å². The van der Waals surface area contributed by atoms with Crippen molar-refractivity contribution in [1.29, 1.82) is 0 Å². The molecule has 1 unspecified atom stereocenters. The molecule has 0 aromatic rings. The van der Waals surface area contributed by atoms with Crippen molar-refractivity contribution < 1.29 is 14.3 Å². The molecule has 0 heterocycles. The van der Waals surface area contributed by atoms with Gasteiger partial charge in [-0.1, -0.05) is 13.3 Å². The fraction of sp³-hybridized carbons (Fsp3) is 1.00. The van der Waals surface area contributed by atoms with Crippen LogP contribution in [0.25, 0.3) is 0 Å². The maximum atomic E-state index is 8.35. The van der Waals surface area contributed by atoms with Gasteiger partial charge < -0.3 is 14.3 Å². The van der Waals surface area contributed by atoms with Gasteiger partial charge in [0.1, 0.15) is 0 Å². The summed E-state index contributed by atoms with van der Waals surface area (Å²) in [5.41, 5.74) is 0. The molecule has 0 aliphatic rings. The molecule has 0 saturated carbocycles. The second-order valence-corrected chi connectivity index (χ2v) is 2.67. The molecule has 0 spiro atoms. The predicted octanol–water partition coefficient (Wildman–Crippen LogP) is 0.219. The summed E-state index contributed by atoms with van der Waals surface area (Å²) in [6.07, 6.45) is 1.85. The van der Waals surface area contributed by atoms with Crippen LogP contribution in [0.4, 0.5) is 0 Å². The van der Waals surface area contributed by atoms with E-state index in [2.05, 4.69) is 4.52 Å². The van der Waals surface area contributed by atoms with Crippen molar-refractivity contribution in [3.63, 3.8) is 0 Å². The molecule has 0 aromatic heterocycles. The van der Waals surface area contributed by atoms with Gasteiger partial charge in [-0.15, -0.1) is 0 Å². The van der Waals surface area contributed by atoms with Gasteiger partial charge in [0.2, 0.25) is 0 Å². The predicted molar refractivity (Wildman–Crippen MR) is 46.8 cm³/mol. The van der Waals surface area contributed by atoms with E-state index in [4.69, 9.17) is 9.79 Å². The number of hydrogen-bond acceptors (Lipinski definition) is 3. The zero-order valence-electron chi connectivity index (χ0n) is 5.74. The topological polar surface area (TPSA) is 49.7 Å². The molecule has 10 heavy (non-hydrogen) atoms. The van der Waals surface area contributed by atoms with Crippen molar-refractivity contribution in [1.82, 2.24) is 0 Å². The smallest absolute Gasteiger partial charge is 0.327 e. The van der Waals surface area contributed by atoms with E-state index in [1.807, 2.05) is 13.8 Å². The highest BCUT2D eigenvalue weighted by molar-refractivity contribution is 7.39. The van der Waals surface area contributed by atoms with Gasteiger partial charge in [0.15, 0.2) is 17.4 Å². The van der Waals surface area contributed by atoms with Crippen LogP contribution in [0.2, 0.25) is 0 Å². The van der Waals surface area contributed by atoms with E-state index in [1.54, 1.807) is 0 Å². The van der Waals surface area contributed by atoms with Gasteiger partial charge in [-0.3, -0.25) is 0 Å². The van der Waals surface area contributed by atoms with E-state index in [0.717, 1.165) is 12.8 Å². The molecular formula is C5H16AlO3P. The Hall–Kier alpha value is 0.842. The summed E-state index contributed by atoms with van der Waals surface area (Å²) in [5.74, 6) is 0. The molecule has 0 amide bonds. The first-order valence-electron chi connectivity index (χ1n) is 3.01. The monoisotopic (exact) mass is 182 g/mol. The van der Waals surface area contributed by atoms with Crippen LogP contribution >= 0.6 is 8.60 Å². The van der Waals surface area contributed by atoms with Crippen molar-refractivity contribution in [2.45, 2.75) is 32.8 Å². The minimum absolute atomic E-state index is 0. The normalized spacial score (nSPS) is 12.9. The lowest BCUT2D eigenvalue weighted by Gasteiger charge is -2.10. The van der Waals surface area contributed by atoms with E-state index in [9.17, 15) is 0 Å². The molecule has 0 aromatic carbocycles. The summed E-state index contributed by atoms with van der Waals surface area (Å²) >= 11 is 0. The minimum atomic E-state index is -2.15. The molecule has 0 fully saturated rings. The largest absolute Gasteiger partial charge is 0.328 e. The highest BCUT2D eigenvalue weighted by Crippen LogP contribution is 2.27. The molecule has 1 atom stereocenters. The molecule has 3 nitrogen and oxygen atoms in total. The summed E-state index contributed by atoms with van der Waals surface area (Å²) < 4.78 is 4.67. The second-order valence-electron chi connectivity index (χ2n) is 1.96. The summed E-state index contributed by atoms with van der Waals surface area (Å²) in [5, 5.41) is 0. The van der Waals surface area contributed by atoms with Gasteiger partial charge >= 0.3 is 8.60 Å². The van der Waals surface area contributed by atoms with E-state index < -0.39 is 8.60 Å². The third kappa shape index (κ3) is 8.84. The Morgan fingerprint density at radius 3 is 2.30 bits per heavy atom. The van der Waals surface area contributed by atoms with Crippen LogP contribution in [0.1, 0.15) is 26.7 Å². The fourth-order valence-electron chi connectivity index (χ4n) is 0.620. The van der Waals surface area contributed by atoms with E-state index in [0.29, 0.717) is 0 Å². The van der Waals surface area contributed by atoms with Crippen molar-refractivity contribution in [3.8, 4) is 0 Å². The molecule has 5 heteroatoms. The SMILES string of the molecule is CCCC(C)OP(O)O.[AlH3]. The summed E-state index contributed by atoms with van der Waals surface area (Å²) in [7, 11) is -2.15. The quantitative estimate of drug-likeness (QED) is 0.483. The average molecular weight is 182 g/mol. The van der Waals surface area contributed by atoms with E-state index in [1.165, 1.54) is 0 Å². The Bertz CT molecular complexity index is 71.9. The van der Waals surface area contributed by atoms with Crippen molar-refractivity contribution in [2.24, 2.45) is 0 Å². The lowest BCUT2D eigenvalue weighted by molar-refractivity contribution is 0.177. The van der Waals surface area contributed by atoms with Gasteiger partial charge in [-0.25, -0.2) is 0 Å². The Morgan fingerprint density at radius 2 is 2.00 bits per heavy atom. The first-order chi connectivity index (χ1) is 4.16. The summed E-state index contributed by atoms with van der Waals surface area (Å²) in [6.45, 7) is 3.85. The zero-order valence-corrected chi connectivity index (χ0v) is 6.64. The van der Waals surface area contributed by atoms with Crippen LogP contribution in [0.15, 0.2) is 0 Å². The van der Waals surface area contributed by atoms with Crippen molar-refractivity contribution >= 4 is 26.0 Å². The van der Waals surface area contributed by atoms with Gasteiger partial charge in [0.25, 0.3) is 0 Å². The number of rotatable bonds is 4. The molecule has 2 N–H and O–H groups in total. The highest BCUT2D eigenvalue weighted by Gasteiger charge is 2.05. The molecule has 0 aliphatic carbocycles. The van der Waals surface area contributed by atoms with Crippen molar-refractivity contribution in [3.05, 3.63) is 0 Å². The Balaban J connectivity index is 0. The maximum Gasteiger partial charge on any atom is 0.327 e. The Kier molecular flexibility index (Phi) is 10.7. The Labute approximate surface area is 73.5 Å². The fourth-order valence-corrected chi connectivity index (χ4v) is 1.05.